The van der Waals surface area contributed by atoms with Crippen molar-refractivity contribution in [1.82, 2.24) is 0 Å². The van der Waals surface area contributed by atoms with E-state index in [9.17, 15) is 10.2 Å². The van der Waals surface area contributed by atoms with Crippen molar-refractivity contribution in [3.05, 3.63) is 36.1 Å². The van der Waals surface area contributed by atoms with Crippen LogP contribution < -0.4 is 10.6 Å². The summed E-state index contributed by atoms with van der Waals surface area (Å²) in [6.45, 7) is 5.29. The first-order valence-electron chi connectivity index (χ1n) is 7.94. The van der Waals surface area contributed by atoms with Crippen LogP contribution in [0.25, 0.3) is 0 Å². The van der Waals surface area contributed by atoms with Crippen molar-refractivity contribution in [2.75, 3.05) is 56.7 Å². The standard InChI is InChI=1S/C17H25N3O4/c1-12-17(15(11-24-12)19-4-7-21)14-10-13(18)2-3-16(14)20(5-8-22)6-9-23/h2-3,10,17,21-23H,1,4-9,11,18H2. The van der Waals surface area contributed by atoms with Crippen LogP contribution in [0.1, 0.15) is 11.5 Å². The minimum atomic E-state index is -0.255. The number of aliphatic hydroxyl groups is 3. The van der Waals surface area contributed by atoms with E-state index < -0.39 is 0 Å². The zero-order chi connectivity index (χ0) is 17.5. The summed E-state index contributed by atoms with van der Waals surface area (Å²) in [5, 5.41) is 27.6. The van der Waals surface area contributed by atoms with Gasteiger partial charge in [-0.15, -0.1) is 0 Å². The summed E-state index contributed by atoms with van der Waals surface area (Å²) >= 11 is 0. The second-order valence-corrected chi connectivity index (χ2v) is 5.54. The third kappa shape index (κ3) is 4.05. The topological polar surface area (TPSA) is 112 Å². The van der Waals surface area contributed by atoms with Crippen molar-refractivity contribution in [1.29, 1.82) is 0 Å². The van der Waals surface area contributed by atoms with E-state index in [1.807, 2.05) is 17.0 Å². The van der Waals surface area contributed by atoms with Gasteiger partial charge in [-0.25, -0.2) is 0 Å². The summed E-state index contributed by atoms with van der Waals surface area (Å²) in [7, 11) is 0. The van der Waals surface area contributed by atoms with Gasteiger partial charge in [-0.3, -0.25) is 4.99 Å². The lowest BCUT2D eigenvalue weighted by Crippen LogP contribution is -2.31. The molecule has 1 fully saturated rings. The molecule has 0 saturated carbocycles. The number of allylic oxidation sites excluding steroid dienone is 1. The molecule has 1 saturated heterocycles. The van der Waals surface area contributed by atoms with Gasteiger partial charge >= 0.3 is 0 Å². The number of nitrogens with two attached hydrogens (primary N) is 1. The number of nitrogen functional groups attached to an aromatic ring is 1. The van der Waals surface area contributed by atoms with Crippen molar-refractivity contribution in [2.24, 2.45) is 4.99 Å². The first-order chi connectivity index (χ1) is 11.6. The van der Waals surface area contributed by atoms with Gasteiger partial charge in [0.25, 0.3) is 0 Å². The van der Waals surface area contributed by atoms with Crippen molar-refractivity contribution in [3.8, 4) is 0 Å². The van der Waals surface area contributed by atoms with E-state index >= 15 is 0 Å². The highest BCUT2D eigenvalue weighted by Crippen LogP contribution is 2.38. The van der Waals surface area contributed by atoms with E-state index in [1.54, 1.807) is 6.07 Å². The molecule has 1 unspecified atom stereocenters. The van der Waals surface area contributed by atoms with Crippen molar-refractivity contribution in [2.45, 2.75) is 5.92 Å². The van der Waals surface area contributed by atoms with Crippen LogP contribution in [-0.4, -0.2) is 67.1 Å². The maximum Gasteiger partial charge on any atom is 0.126 e. The van der Waals surface area contributed by atoms with Gasteiger partial charge < -0.3 is 30.7 Å². The van der Waals surface area contributed by atoms with Crippen LogP contribution in [0.4, 0.5) is 11.4 Å². The third-order valence-corrected chi connectivity index (χ3v) is 3.92. The predicted octanol–water partition coefficient (Wildman–Crippen LogP) is 0.121. The van der Waals surface area contributed by atoms with E-state index in [-0.39, 0.29) is 25.7 Å². The Morgan fingerprint density at radius 2 is 1.92 bits per heavy atom. The van der Waals surface area contributed by atoms with Crippen molar-refractivity contribution in [3.63, 3.8) is 0 Å². The zero-order valence-corrected chi connectivity index (χ0v) is 13.7. The zero-order valence-electron chi connectivity index (χ0n) is 13.7. The molecule has 0 amide bonds. The molecule has 0 bridgehead atoms. The lowest BCUT2D eigenvalue weighted by Gasteiger charge is -2.28. The monoisotopic (exact) mass is 335 g/mol. The molecule has 7 heteroatoms. The fourth-order valence-corrected chi connectivity index (χ4v) is 2.89. The fourth-order valence-electron chi connectivity index (χ4n) is 2.89. The SMILES string of the molecule is C=C1OCC(=NCCO)C1c1cc(N)ccc1N(CCO)CCO. The molecule has 1 heterocycles. The third-order valence-electron chi connectivity index (χ3n) is 3.92. The highest BCUT2D eigenvalue weighted by atomic mass is 16.5. The average molecular weight is 335 g/mol. The minimum absolute atomic E-state index is 0.0304. The number of ether oxygens (including phenoxy) is 1. The molecular weight excluding hydrogens is 310 g/mol. The highest BCUT2D eigenvalue weighted by molar-refractivity contribution is 5.98. The summed E-state index contributed by atoms with van der Waals surface area (Å²) in [6.07, 6.45) is 0. The van der Waals surface area contributed by atoms with Gasteiger partial charge in [0.15, 0.2) is 0 Å². The maximum atomic E-state index is 9.31. The Balaban J connectivity index is 2.47. The van der Waals surface area contributed by atoms with Crippen molar-refractivity contribution >= 4 is 17.1 Å². The fraction of sp³-hybridized carbons (Fsp3) is 0.471. The molecule has 1 aliphatic heterocycles. The van der Waals surface area contributed by atoms with E-state index in [0.29, 0.717) is 37.7 Å². The minimum Gasteiger partial charge on any atom is -0.492 e. The summed E-state index contributed by atoms with van der Waals surface area (Å²) < 4.78 is 5.56. The van der Waals surface area contributed by atoms with Gasteiger partial charge in [-0.2, -0.15) is 0 Å². The summed E-state index contributed by atoms with van der Waals surface area (Å²) in [4.78, 5) is 6.29. The lowest BCUT2D eigenvalue weighted by atomic mass is 9.92. The first kappa shape index (κ1) is 18.3. The molecule has 1 aromatic carbocycles. The molecule has 0 aliphatic carbocycles. The van der Waals surface area contributed by atoms with Crippen LogP contribution in [0, 0.1) is 0 Å². The molecule has 0 spiro atoms. The summed E-state index contributed by atoms with van der Waals surface area (Å²) in [6, 6.07) is 5.49. The highest BCUT2D eigenvalue weighted by Gasteiger charge is 2.32. The van der Waals surface area contributed by atoms with E-state index in [0.717, 1.165) is 17.0 Å². The van der Waals surface area contributed by atoms with E-state index in [2.05, 4.69) is 11.6 Å². The van der Waals surface area contributed by atoms with Crippen LogP contribution >= 0.6 is 0 Å². The number of rotatable bonds is 8. The van der Waals surface area contributed by atoms with Gasteiger partial charge in [-0.1, -0.05) is 6.58 Å². The number of anilines is 2. The number of hydrogen-bond donors (Lipinski definition) is 4. The Bertz CT molecular complexity index is 597. The summed E-state index contributed by atoms with van der Waals surface area (Å²) in [5.74, 6) is 0.321. The van der Waals surface area contributed by atoms with Gasteiger partial charge in [0, 0.05) is 24.5 Å². The maximum absolute atomic E-state index is 9.31. The molecule has 0 aromatic heterocycles. The summed E-state index contributed by atoms with van der Waals surface area (Å²) in [5.41, 5.74) is 9.07. The Hall–Kier alpha value is -2.09. The molecule has 1 aromatic rings. The van der Waals surface area contributed by atoms with E-state index in [1.165, 1.54) is 0 Å². The van der Waals surface area contributed by atoms with Crippen LogP contribution in [0.2, 0.25) is 0 Å². The number of aliphatic hydroxyl groups excluding tert-OH is 3. The van der Waals surface area contributed by atoms with Gasteiger partial charge in [0.2, 0.25) is 0 Å². The quantitative estimate of drug-likeness (QED) is 0.502. The average Bonchev–Trinajstić information content (AvgIpc) is 2.93. The predicted molar refractivity (Wildman–Crippen MR) is 94.5 cm³/mol. The van der Waals surface area contributed by atoms with Gasteiger partial charge in [0.05, 0.1) is 38.0 Å². The lowest BCUT2D eigenvalue weighted by molar-refractivity contribution is 0.278. The largest absolute Gasteiger partial charge is 0.492 e. The van der Waals surface area contributed by atoms with Crippen LogP contribution in [0.5, 0.6) is 0 Å². The Morgan fingerprint density at radius 1 is 1.21 bits per heavy atom. The second-order valence-electron chi connectivity index (χ2n) is 5.54. The number of aliphatic imine (C=N–C) groups is 1. The van der Waals surface area contributed by atoms with Gasteiger partial charge in [0.1, 0.15) is 12.4 Å². The molecule has 1 atom stereocenters. The number of hydrogen-bond acceptors (Lipinski definition) is 7. The Labute approximate surface area is 141 Å². The Kier molecular flexibility index (Phi) is 6.60. The molecule has 132 valence electrons. The molecular formula is C17H25N3O4. The number of nitrogens with zero attached hydrogens (tertiary/aromatic N) is 2. The normalized spacial score (nSPS) is 18.9. The molecule has 0 radical (unpaired) electrons. The molecule has 5 N–H and O–H groups in total. The second kappa shape index (κ2) is 8.68. The van der Waals surface area contributed by atoms with E-state index in [4.69, 9.17) is 15.6 Å². The smallest absolute Gasteiger partial charge is 0.126 e. The molecule has 24 heavy (non-hydrogen) atoms. The Morgan fingerprint density at radius 3 is 2.54 bits per heavy atom. The molecule has 2 rings (SSSR count). The van der Waals surface area contributed by atoms with Crippen LogP contribution in [-0.2, 0) is 4.74 Å². The van der Waals surface area contributed by atoms with Crippen LogP contribution in [0.15, 0.2) is 35.5 Å². The first-order valence-corrected chi connectivity index (χ1v) is 7.94. The van der Waals surface area contributed by atoms with Crippen LogP contribution in [0.3, 0.4) is 0 Å². The number of benzene rings is 1. The van der Waals surface area contributed by atoms with Gasteiger partial charge in [-0.05, 0) is 23.8 Å². The van der Waals surface area contributed by atoms with Crippen molar-refractivity contribution < 1.29 is 20.1 Å². The molecule has 1 aliphatic rings. The molecule has 7 nitrogen and oxygen atoms in total.